The van der Waals surface area contributed by atoms with Crippen molar-refractivity contribution in [2.45, 2.75) is 32.7 Å². The Kier molecular flexibility index (Phi) is 4.81. The third kappa shape index (κ3) is 3.20. The molecule has 0 aromatic heterocycles. The maximum absolute atomic E-state index is 13.5. The zero-order valence-corrected chi connectivity index (χ0v) is 13.1. The summed E-state index contributed by atoms with van der Waals surface area (Å²) >= 11 is 3.14. The van der Waals surface area contributed by atoms with Crippen molar-refractivity contribution in [1.29, 1.82) is 0 Å². The fraction of sp³-hybridized carbons (Fsp3) is 0.533. The van der Waals surface area contributed by atoms with E-state index in [0.717, 1.165) is 24.9 Å². The number of carbonyl (C=O) groups is 1. The van der Waals surface area contributed by atoms with Gasteiger partial charge in [-0.3, -0.25) is 9.69 Å². The van der Waals surface area contributed by atoms with Crippen LogP contribution in [0.2, 0.25) is 0 Å². The average molecular weight is 344 g/mol. The standard InChI is InChI=1S/C15H19BrFNO2/c1-2-15(14(19)20)6-3-7-18(10-15)9-11-4-5-12(16)13(17)8-11/h4-5,8H,2-3,6-7,9-10H2,1H3,(H,19,20). The van der Waals surface area contributed by atoms with Crippen molar-refractivity contribution < 1.29 is 14.3 Å². The minimum atomic E-state index is -0.716. The Morgan fingerprint density at radius 2 is 2.30 bits per heavy atom. The second-order valence-corrected chi connectivity index (χ2v) is 6.36. The lowest BCUT2D eigenvalue weighted by Gasteiger charge is -2.39. The minimum Gasteiger partial charge on any atom is -0.481 e. The first-order chi connectivity index (χ1) is 9.47. The van der Waals surface area contributed by atoms with Gasteiger partial charge in [-0.25, -0.2) is 4.39 Å². The molecule has 1 atom stereocenters. The van der Waals surface area contributed by atoms with Gasteiger partial charge in [0.2, 0.25) is 0 Å². The molecule has 5 heteroatoms. The first kappa shape index (κ1) is 15.4. The molecule has 110 valence electrons. The van der Waals surface area contributed by atoms with Crippen molar-refractivity contribution >= 4 is 21.9 Å². The molecule has 1 fully saturated rings. The molecule has 3 nitrogen and oxygen atoms in total. The van der Waals surface area contributed by atoms with Crippen LogP contribution >= 0.6 is 15.9 Å². The van der Waals surface area contributed by atoms with Crippen LogP contribution in [0.15, 0.2) is 22.7 Å². The molecule has 0 radical (unpaired) electrons. The smallest absolute Gasteiger partial charge is 0.310 e. The largest absolute Gasteiger partial charge is 0.481 e. The van der Waals surface area contributed by atoms with Crippen LogP contribution in [-0.4, -0.2) is 29.1 Å². The van der Waals surface area contributed by atoms with Crippen LogP contribution in [0.5, 0.6) is 0 Å². The monoisotopic (exact) mass is 343 g/mol. The number of carboxylic acids is 1. The molecule has 1 saturated heterocycles. The van der Waals surface area contributed by atoms with Crippen LogP contribution in [0.25, 0.3) is 0 Å². The number of nitrogens with zero attached hydrogens (tertiary/aromatic N) is 1. The summed E-state index contributed by atoms with van der Waals surface area (Å²) in [5, 5.41) is 9.46. The molecule has 2 rings (SSSR count). The molecule has 0 saturated carbocycles. The molecule has 0 spiro atoms. The third-order valence-corrected chi connectivity index (χ3v) is 4.82. The van der Waals surface area contributed by atoms with Crippen LogP contribution in [0.1, 0.15) is 31.7 Å². The molecule has 1 aliphatic heterocycles. The van der Waals surface area contributed by atoms with Gasteiger partial charge in [0.15, 0.2) is 0 Å². The van der Waals surface area contributed by atoms with E-state index < -0.39 is 11.4 Å². The molecular formula is C15H19BrFNO2. The number of piperidine rings is 1. The maximum atomic E-state index is 13.5. The number of rotatable bonds is 4. The molecule has 1 unspecified atom stereocenters. The van der Waals surface area contributed by atoms with Gasteiger partial charge in [-0.2, -0.15) is 0 Å². The summed E-state index contributed by atoms with van der Waals surface area (Å²) in [7, 11) is 0. The van der Waals surface area contributed by atoms with E-state index in [0.29, 0.717) is 24.0 Å². The number of likely N-dealkylation sites (tertiary alicyclic amines) is 1. The van der Waals surface area contributed by atoms with E-state index >= 15 is 0 Å². The second-order valence-electron chi connectivity index (χ2n) is 5.50. The van der Waals surface area contributed by atoms with E-state index in [1.807, 2.05) is 13.0 Å². The highest BCUT2D eigenvalue weighted by Crippen LogP contribution is 2.34. The van der Waals surface area contributed by atoms with Gasteiger partial charge in [-0.15, -0.1) is 0 Å². The maximum Gasteiger partial charge on any atom is 0.310 e. The highest BCUT2D eigenvalue weighted by molar-refractivity contribution is 9.10. The van der Waals surface area contributed by atoms with Gasteiger partial charge in [0, 0.05) is 13.1 Å². The fourth-order valence-electron chi connectivity index (χ4n) is 2.87. The first-order valence-corrected chi connectivity index (χ1v) is 7.66. The Morgan fingerprint density at radius 3 is 2.90 bits per heavy atom. The second kappa shape index (κ2) is 6.22. The normalized spacial score (nSPS) is 23.8. The Bertz CT molecular complexity index is 509. The molecule has 0 aliphatic carbocycles. The molecule has 1 N–H and O–H groups in total. The van der Waals surface area contributed by atoms with Gasteiger partial charge in [-0.05, 0) is 59.4 Å². The van der Waals surface area contributed by atoms with Crippen LogP contribution in [0, 0.1) is 11.2 Å². The Labute approximate surface area is 126 Å². The van der Waals surface area contributed by atoms with Crippen LogP contribution in [0.3, 0.4) is 0 Å². The van der Waals surface area contributed by atoms with Crippen LogP contribution in [0.4, 0.5) is 4.39 Å². The lowest BCUT2D eigenvalue weighted by Crippen LogP contribution is -2.47. The Morgan fingerprint density at radius 1 is 1.55 bits per heavy atom. The van der Waals surface area contributed by atoms with E-state index in [-0.39, 0.29) is 5.82 Å². The molecule has 1 heterocycles. The Hall–Kier alpha value is -0.940. The molecular weight excluding hydrogens is 325 g/mol. The van der Waals surface area contributed by atoms with Gasteiger partial charge in [0.25, 0.3) is 0 Å². The van der Waals surface area contributed by atoms with E-state index in [1.54, 1.807) is 6.07 Å². The number of hydrogen-bond donors (Lipinski definition) is 1. The summed E-state index contributed by atoms with van der Waals surface area (Å²) in [4.78, 5) is 13.6. The number of aliphatic carboxylic acids is 1. The molecule has 0 amide bonds. The predicted molar refractivity (Wildman–Crippen MR) is 79.0 cm³/mol. The molecule has 1 aliphatic rings. The van der Waals surface area contributed by atoms with Gasteiger partial charge >= 0.3 is 5.97 Å². The third-order valence-electron chi connectivity index (χ3n) is 4.18. The van der Waals surface area contributed by atoms with Crippen molar-refractivity contribution in [3.63, 3.8) is 0 Å². The van der Waals surface area contributed by atoms with Gasteiger partial charge in [0.1, 0.15) is 5.82 Å². The molecule has 20 heavy (non-hydrogen) atoms. The van der Waals surface area contributed by atoms with Gasteiger partial charge in [-0.1, -0.05) is 13.0 Å². The minimum absolute atomic E-state index is 0.278. The molecule has 0 bridgehead atoms. The summed E-state index contributed by atoms with van der Waals surface area (Å²) in [5.41, 5.74) is 0.231. The Balaban J connectivity index is 2.09. The van der Waals surface area contributed by atoms with Crippen molar-refractivity contribution in [1.82, 2.24) is 4.90 Å². The van der Waals surface area contributed by atoms with Gasteiger partial charge in [0.05, 0.1) is 9.89 Å². The van der Waals surface area contributed by atoms with Crippen LogP contribution in [-0.2, 0) is 11.3 Å². The number of halogens is 2. The highest BCUT2D eigenvalue weighted by atomic mass is 79.9. The van der Waals surface area contributed by atoms with E-state index in [9.17, 15) is 14.3 Å². The molecule has 1 aromatic carbocycles. The van der Waals surface area contributed by atoms with E-state index in [2.05, 4.69) is 20.8 Å². The summed E-state index contributed by atoms with van der Waals surface area (Å²) in [6.45, 7) is 3.93. The lowest BCUT2D eigenvalue weighted by molar-refractivity contribution is -0.153. The number of benzene rings is 1. The summed E-state index contributed by atoms with van der Waals surface area (Å²) in [5.74, 6) is -0.994. The van der Waals surface area contributed by atoms with Crippen molar-refractivity contribution in [3.05, 3.63) is 34.1 Å². The van der Waals surface area contributed by atoms with Crippen molar-refractivity contribution in [3.8, 4) is 0 Å². The quantitative estimate of drug-likeness (QED) is 0.906. The SMILES string of the molecule is CCC1(C(=O)O)CCCN(Cc2ccc(Br)c(F)c2)C1. The topological polar surface area (TPSA) is 40.5 Å². The summed E-state index contributed by atoms with van der Waals surface area (Å²) < 4.78 is 14.0. The zero-order chi connectivity index (χ0) is 14.8. The number of hydrogen-bond acceptors (Lipinski definition) is 2. The van der Waals surface area contributed by atoms with Crippen molar-refractivity contribution in [2.75, 3.05) is 13.1 Å². The summed E-state index contributed by atoms with van der Waals surface area (Å²) in [6, 6.07) is 5.07. The van der Waals surface area contributed by atoms with Crippen LogP contribution < -0.4 is 0 Å². The van der Waals surface area contributed by atoms with Crippen molar-refractivity contribution in [2.24, 2.45) is 5.41 Å². The van der Waals surface area contributed by atoms with E-state index in [4.69, 9.17) is 0 Å². The zero-order valence-electron chi connectivity index (χ0n) is 11.5. The predicted octanol–water partition coefficient (Wildman–Crippen LogP) is 3.67. The lowest BCUT2D eigenvalue weighted by atomic mass is 9.77. The first-order valence-electron chi connectivity index (χ1n) is 6.86. The molecule has 1 aromatic rings. The summed E-state index contributed by atoms with van der Waals surface area (Å²) in [6.07, 6.45) is 2.23. The average Bonchev–Trinajstić information content (AvgIpc) is 2.43. The van der Waals surface area contributed by atoms with E-state index in [1.165, 1.54) is 6.07 Å². The highest BCUT2D eigenvalue weighted by Gasteiger charge is 2.40. The number of carboxylic acid groups (broad SMARTS) is 1. The van der Waals surface area contributed by atoms with Gasteiger partial charge < -0.3 is 5.11 Å². The fourth-order valence-corrected chi connectivity index (χ4v) is 3.12.